The zero-order chi connectivity index (χ0) is 7.84. The van der Waals surface area contributed by atoms with Crippen LogP contribution < -0.4 is 0 Å². The van der Waals surface area contributed by atoms with E-state index in [4.69, 9.17) is 9.15 Å². The second-order valence-corrected chi connectivity index (χ2v) is 2.60. The van der Waals surface area contributed by atoms with E-state index in [-0.39, 0.29) is 11.9 Å². The van der Waals surface area contributed by atoms with Crippen molar-refractivity contribution in [2.45, 2.75) is 13.0 Å². The average Bonchev–Trinajstić information content (AvgIpc) is 2.74. The van der Waals surface area contributed by atoms with E-state index in [0.717, 1.165) is 5.76 Å². The topological polar surface area (TPSA) is 42.7 Å². The lowest BCUT2D eigenvalue weighted by Gasteiger charge is -1.88. The van der Waals surface area contributed by atoms with Crippen LogP contribution in [0.4, 0.5) is 0 Å². The molecule has 58 valence electrons. The summed E-state index contributed by atoms with van der Waals surface area (Å²) in [6, 6.07) is 3.45. The summed E-state index contributed by atoms with van der Waals surface area (Å²) in [7, 11) is 0. The SMILES string of the molecule is Cc1ccc(C(=O)C2CO2)o1. The minimum atomic E-state index is -0.236. The molecule has 0 amide bonds. The highest BCUT2D eigenvalue weighted by atomic mass is 16.6. The van der Waals surface area contributed by atoms with Crippen LogP contribution in [0.5, 0.6) is 0 Å². The summed E-state index contributed by atoms with van der Waals surface area (Å²) in [6.07, 6.45) is -0.236. The van der Waals surface area contributed by atoms with Crippen LogP contribution in [0, 0.1) is 6.92 Å². The van der Waals surface area contributed by atoms with Gasteiger partial charge in [0.2, 0.25) is 5.78 Å². The van der Waals surface area contributed by atoms with Gasteiger partial charge in [0.1, 0.15) is 11.9 Å². The van der Waals surface area contributed by atoms with Crippen LogP contribution in [-0.4, -0.2) is 18.5 Å². The Labute approximate surface area is 64.0 Å². The maximum atomic E-state index is 11.2. The van der Waals surface area contributed by atoms with Gasteiger partial charge in [0.15, 0.2) is 5.76 Å². The molecule has 3 heteroatoms. The molecule has 2 heterocycles. The molecule has 0 bridgehead atoms. The van der Waals surface area contributed by atoms with Crippen LogP contribution in [0.2, 0.25) is 0 Å². The number of epoxide rings is 1. The second-order valence-electron chi connectivity index (χ2n) is 2.60. The molecule has 1 aromatic heterocycles. The van der Waals surface area contributed by atoms with Gasteiger partial charge in [0, 0.05) is 0 Å². The molecule has 1 atom stereocenters. The monoisotopic (exact) mass is 152 g/mol. The zero-order valence-electron chi connectivity index (χ0n) is 6.16. The Morgan fingerprint density at radius 3 is 2.82 bits per heavy atom. The smallest absolute Gasteiger partial charge is 0.228 e. The van der Waals surface area contributed by atoms with Gasteiger partial charge in [0.05, 0.1) is 6.61 Å². The van der Waals surface area contributed by atoms with Crippen molar-refractivity contribution in [1.29, 1.82) is 0 Å². The van der Waals surface area contributed by atoms with Gasteiger partial charge in [-0.05, 0) is 19.1 Å². The first-order valence-electron chi connectivity index (χ1n) is 3.49. The number of hydrogen-bond donors (Lipinski definition) is 0. The molecule has 3 nitrogen and oxygen atoms in total. The fourth-order valence-corrected chi connectivity index (χ4v) is 0.925. The van der Waals surface area contributed by atoms with E-state index >= 15 is 0 Å². The lowest BCUT2D eigenvalue weighted by Crippen LogP contribution is -2.04. The van der Waals surface area contributed by atoms with E-state index in [0.29, 0.717) is 12.4 Å². The van der Waals surface area contributed by atoms with Crippen molar-refractivity contribution in [2.75, 3.05) is 6.61 Å². The molecule has 0 aliphatic carbocycles. The van der Waals surface area contributed by atoms with E-state index in [9.17, 15) is 4.79 Å². The molecule has 0 spiro atoms. The van der Waals surface area contributed by atoms with E-state index in [2.05, 4.69) is 0 Å². The molecule has 1 fully saturated rings. The second kappa shape index (κ2) is 2.20. The Balaban J connectivity index is 2.21. The van der Waals surface area contributed by atoms with Crippen LogP contribution in [0.15, 0.2) is 16.5 Å². The Morgan fingerprint density at radius 1 is 1.64 bits per heavy atom. The van der Waals surface area contributed by atoms with Gasteiger partial charge in [0.25, 0.3) is 0 Å². The molecule has 0 radical (unpaired) electrons. The fourth-order valence-electron chi connectivity index (χ4n) is 0.925. The summed E-state index contributed by atoms with van der Waals surface area (Å²) in [5.41, 5.74) is 0. The number of furan rings is 1. The molecule has 2 rings (SSSR count). The highest BCUT2D eigenvalue weighted by Crippen LogP contribution is 2.17. The summed E-state index contributed by atoms with van der Waals surface area (Å²) in [6.45, 7) is 2.35. The number of Topliss-reactive ketones (excluding diaryl/α,β-unsaturated/α-hetero) is 1. The van der Waals surface area contributed by atoms with Crippen molar-refractivity contribution in [3.05, 3.63) is 23.7 Å². The average molecular weight is 152 g/mol. The number of rotatable bonds is 2. The van der Waals surface area contributed by atoms with Crippen LogP contribution in [0.3, 0.4) is 0 Å². The van der Waals surface area contributed by atoms with Crippen LogP contribution in [0.25, 0.3) is 0 Å². The van der Waals surface area contributed by atoms with E-state index < -0.39 is 0 Å². The predicted octanol–water partition coefficient (Wildman–Crippen LogP) is 1.17. The molecule has 1 aliphatic heterocycles. The molecule has 11 heavy (non-hydrogen) atoms. The third-order valence-corrected chi connectivity index (χ3v) is 1.61. The molecule has 1 aromatic rings. The zero-order valence-corrected chi connectivity index (χ0v) is 6.16. The maximum absolute atomic E-state index is 11.2. The van der Waals surface area contributed by atoms with Crippen LogP contribution in [0.1, 0.15) is 16.3 Å². The van der Waals surface area contributed by atoms with E-state index in [1.807, 2.05) is 6.92 Å². The van der Waals surface area contributed by atoms with Gasteiger partial charge in [-0.25, -0.2) is 0 Å². The van der Waals surface area contributed by atoms with E-state index in [1.54, 1.807) is 12.1 Å². The lowest BCUT2D eigenvalue weighted by atomic mass is 10.2. The Bertz CT molecular complexity index is 283. The van der Waals surface area contributed by atoms with Crippen molar-refractivity contribution in [2.24, 2.45) is 0 Å². The quantitative estimate of drug-likeness (QED) is 0.472. The van der Waals surface area contributed by atoms with Crippen molar-refractivity contribution in [3.63, 3.8) is 0 Å². The summed E-state index contributed by atoms with van der Waals surface area (Å²) in [4.78, 5) is 11.2. The first-order valence-corrected chi connectivity index (χ1v) is 3.49. The molecule has 1 unspecified atom stereocenters. The first-order chi connectivity index (χ1) is 5.27. The number of carbonyl (C=O) groups is 1. The van der Waals surface area contributed by atoms with Crippen molar-refractivity contribution >= 4 is 5.78 Å². The summed E-state index contributed by atoms with van der Waals surface area (Å²) < 4.78 is 9.94. The fraction of sp³-hybridized carbons (Fsp3) is 0.375. The number of hydrogen-bond acceptors (Lipinski definition) is 3. The van der Waals surface area contributed by atoms with Gasteiger partial charge in [-0.2, -0.15) is 0 Å². The normalized spacial score (nSPS) is 21.7. The van der Waals surface area contributed by atoms with Crippen LogP contribution in [-0.2, 0) is 4.74 Å². The highest BCUT2D eigenvalue weighted by Gasteiger charge is 2.33. The minimum absolute atomic E-state index is 0.0434. The Kier molecular flexibility index (Phi) is 1.32. The number of ether oxygens (including phenoxy) is 1. The van der Waals surface area contributed by atoms with Gasteiger partial charge in [-0.3, -0.25) is 4.79 Å². The van der Waals surface area contributed by atoms with Crippen LogP contribution >= 0.6 is 0 Å². The highest BCUT2D eigenvalue weighted by molar-refractivity contribution is 5.98. The third kappa shape index (κ3) is 1.19. The first kappa shape index (κ1) is 6.61. The maximum Gasteiger partial charge on any atom is 0.228 e. The summed E-state index contributed by atoms with van der Waals surface area (Å²) in [5, 5.41) is 0. The standard InChI is InChI=1S/C8H8O3/c1-5-2-3-6(11-5)8(9)7-4-10-7/h2-3,7H,4H2,1H3. The molecular weight excluding hydrogens is 144 g/mol. The van der Waals surface area contributed by atoms with Gasteiger partial charge < -0.3 is 9.15 Å². The third-order valence-electron chi connectivity index (χ3n) is 1.61. The number of ketones is 1. The van der Waals surface area contributed by atoms with Gasteiger partial charge >= 0.3 is 0 Å². The summed E-state index contributed by atoms with van der Waals surface area (Å²) in [5.74, 6) is 1.12. The lowest BCUT2D eigenvalue weighted by molar-refractivity contribution is 0.0925. The van der Waals surface area contributed by atoms with E-state index in [1.165, 1.54) is 0 Å². The number of carbonyl (C=O) groups excluding carboxylic acids is 1. The minimum Gasteiger partial charge on any atom is -0.458 e. The Hall–Kier alpha value is -1.09. The molecule has 1 aliphatic rings. The summed E-state index contributed by atoms with van der Waals surface area (Å²) >= 11 is 0. The predicted molar refractivity (Wildman–Crippen MR) is 37.5 cm³/mol. The molecular formula is C8H8O3. The van der Waals surface area contributed by atoms with Gasteiger partial charge in [-0.1, -0.05) is 0 Å². The largest absolute Gasteiger partial charge is 0.458 e. The number of aryl methyl sites for hydroxylation is 1. The molecule has 1 saturated heterocycles. The van der Waals surface area contributed by atoms with Crippen molar-refractivity contribution in [1.82, 2.24) is 0 Å². The molecule has 0 saturated carbocycles. The van der Waals surface area contributed by atoms with Gasteiger partial charge in [-0.15, -0.1) is 0 Å². The molecule has 0 aromatic carbocycles. The van der Waals surface area contributed by atoms with Crippen molar-refractivity contribution < 1.29 is 13.9 Å². The molecule has 0 N–H and O–H groups in total. The Morgan fingerprint density at radius 2 is 2.36 bits per heavy atom. The van der Waals surface area contributed by atoms with Crippen molar-refractivity contribution in [3.8, 4) is 0 Å².